The summed E-state index contributed by atoms with van der Waals surface area (Å²) in [6.07, 6.45) is 0. The van der Waals surface area contributed by atoms with Gasteiger partial charge in [-0.3, -0.25) is 4.79 Å². The first kappa shape index (κ1) is 19.6. The molecule has 1 N–H and O–H groups in total. The van der Waals surface area contributed by atoms with E-state index in [1.54, 1.807) is 23.1 Å². The summed E-state index contributed by atoms with van der Waals surface area (Å²) in [6.45, 7) is 8.23. The van der Waals surface area contributed by atoms with Gasteiger partial charge in [-0.1, -0.05) is 25.9 Å². The largest absolute Gasteiger partial charge is 0.345 e. The number of benzene rings is 1. The number of thioether (sulfide) groups is 1. The van der Waals surface area contributed by atoms with Gasteiger partial charge in [-0.2, -0.15) is 4.98 Å². The molecule has 0 aliphatic carbocycles. The summed E-state index contributed by atoms with van der Waals surface area (Å²) < 4.78 is 5.23. The quantitative estimate of drug-likeness (QED) is 0.617. The fraction of sp³-hybridized carbons (Fsp3) is 0.368. The van der Waals surface area contributed by atoms with E-state index in [2.05, 4.69) is 25.8 Å². The maximum atomic E-state index is 12.3. The van der Waals surface area contributed by atoms with Gasteiger partial charge in [0, 0.05) is 27.0 Å². The minimum absolute atomic E-state index is 0.163. The summed E-state index contributed by atoms with van der Waals surface area (Å²) in [5, 5.41) is 9.88. The van der Waals surface area contributed by atoms with Crippen LogP contribution in [-0.4, -0.2) is 21.0 Å². The van der Waals surface area contributed by atoms with Crippen LogP contribution in [0.5, 0.6) is 0 Å². The molecule has 2 aromatic heterocycles. The standard InChI is InChI=1S/C19H22N4O2S2/c1-12-21-14(10-26-12)11-27-15-7-5-13(6-8-15)17(24)20-9-16-22-18(25-23-16)19(2,3)4/h5-8,10H,9,11H2,1-4H3,(H,20,24). The Morgan fingerprint density at radius 1 is 1.22 bits per heavy atom. The molecule has 0 saturated heterocycles. The highest BCUT2D eigenvalue weighted by Gasteiger charge is 2.21. The predicted octanol–water partition coefficient (Wildman–Crippen LogP) is 4.35. The highest BCUT2D eigenvalue weighted by Crippen LogP contribution is 2.24. The molecule has 0 unspecified atom stereocenters. The monoisotopic (exact) mass is 402 g/mol. The van der Waals surface area contributed by atoms with Gasteiger partial charge >= 0.3 is 0 Å². The molecule has 0 aliphatic rings. The molecule has 1 aromatic carbocycles. The molecule has 0 atom stereocenters. The number of thiazole rings is 1. The molecule has 0 aliphatic heterocycles. The van der Waals surface area contributed by atoms with Crippen LogP contribution in [0.4, 0.5) is 0 Å². The summed E-state index contributed by atoms with van der Waals surface area (Å²) in [7, 11) is 0. The fourth-order valence-corrected chi connectivity index (χ4v) is 3.74. The van der Waals surface area contributed by atoms with Crippen molar-refractivity contribution in [2.45, 2.75) is 50.3 Å². The van der Waals surface area contributed by atoms with Gasteiger partial charge in [0.05, 0.1) is 17.2 Å². The van der Waals surface area contributed by atoms with E-state index in [-0.39, 0.29) is 17.9 Å². The lowest BCUT2D eigenvalue weighted by atomic mass is 9.97. The average molecular weight is 403 g/mol. The lowest BCUT2D eigenvalue weighted by Gasteiger charge is -2.10. The van der Waals surface area contributed by atoms with Crippen molar-refractivity contribution < 1.29 is 9.32 Å². The minimum atomic E-state index is -0.208. The van der Waals surface area contributed by atoms with Crippen LogP contribution in [0.15, 0.2) is 39.1 Å². The number of aromatic nitrogens is 3. The van der Waals surface area contributed by atoms with Crippen molar-refractivity contribution in [2.75, 3.05) is 0 Å². The third kappa shape index (κ3) is 5.40. The van der Waals surface area contributed by atoms with E-state index in [1.165, 1.54) is 0 Å². The number of amides is 1. The van der Waals surface area contributed by atoms with Crippen molar-refractivity contribution in [3.63, 3.8) is 0 Å². The Hall–Kier alpha value is -2.19. The Morgan fingerprint density at radius 3 is 2.56 bits per heavy atom. The second kappa shape index (κ2) is 8.22. The van der Waals surface area contributed by atoms with Crippen molar-refractivity contribution in [3.05, 3.63) is 57.6 Å². The topological polar surface area (TPSA) is 80.9 Å². The summed E-state index contributed by atoms with van der Waals surface area (Å²) >= 11 is 3.36. The smallest absolute Gasteiger partial charge is 0.251 e. The van der Waals surface area contributed by atoms with Crippen LogP contribution in [0.1, 0.15) is 53.5 Å². The number of hydrogen-bond acceptors (Lipinski definition) is 7. The van der Waals surface area contributed by atoms with Gasteiger partial charge < -0.3 is 9.84 Å². The van der Waals surface area contributed by atoms with Gasteiger partial charge in [0.1, 0.15) is 0 Å². The molecule has 0 saturated carbocycles. The summed E-state index contributed by atoms with van der Waals surface area (Å²) in [6, 6.07) is 7.54. The van der Waals surface area contributed by atoms with E-state index >= 15 is 0 Å². The number of rotatable bonds is 6. The molecule has 1 amide bonds. The lowest BCUT2D eigenvalue weighted by molar-refractivity contribution is 0.0949. The highest BCUT2D eigenvalue weighted by molar-refractivity contribution is 7.98. The Bertz CT molecular complexity index is 910. The maximum absolute atomic E-state index is 12.3. The van der Waals surface area contributed by atoms with Gasteiger partial charge in [-0.25, -0.2) is 4.98 Å². The molecule has 0 fully saturated rings. The van der Waals surface area contributed by atoms with Crippen LogP contribution in [0.2, 0.25) is 0 Å². The van der Waals surface area contributed by atoms with Crippen LogP contribution in [0.25, 0.3) is 0 Å². The normalized spacial score (nSPS) is 11.6. The second-order valence-electron chi connectivity index (χ2n) is 7.12. The van der Waals surface area contributed by atoms with Crippen LogP contribution in [0, 0.1) is 6.92 Å². The third-order valence-corrected chi connectivity index (χ3v) is 5.55. The SMILES string of the molecule is Cc1nc(CSc2ccc(C(=O)NCc3noc(C(C)(C)C)n3)cc2)cs1. The predicted molar refractivity (Wildman–Crippen MR) is 107 cm³/mol. The molecular weight excluding hydrogens is 380 g/mol. The second-order valence-corrected chi connectivity index (χ2v) is 9.23. The van der Waals surface area contributed by atoms with Crippen molar-refractivity contribution >= 4 is 29.0 Å². The first-order chi connectivity index (χ1) is 12.8. The molecular formula is C19H22N4O2S2. The van der Waals surface area contributed by atoms with Crippen LogP contribution in [0.3, 0.4) is 0 Å². The fourth-order valence-electron chi connectivity index (χ4n) is 2.23. The van der Waals surface area contributed by atoms with E-state index in [1.807, 2.05) is 52.0 Å². The zero-order chi connectivity index (χ0) is 19.4. The molecule has 2 heterocycles. The third-order valence-electron chi connectivity index (χ3n) is 3.69. The van der Waals surface area contributed by atoms with E-state index < -0.39 is 0 Å². The number of nitrogens with zero attached hydrogens (tertiary/aromatic N) is 3. The number of nitrogens with one attached hydrogen (secondary N) is 1. The van der Waals surface area contributed by atoms with Crippen molar-refractivity contribution in [3.8, 4) is 0 Å². The van der Waals surface area contributed by atoms with Crippen LogP contribution < -0.4 is 5.32 Å². The van der Waals surface area contributed by atoms with Crippen molar-refractivity contribution in [1.82, 2.24) is 20.4 Å². The molecule has 0 bridgehead atoms. The Morgan fingerprint density at radius 2 is 1.96 bits per heavy atom. The Balaban J connectivity index is 1.52. The summed E-state index contributed by atoms with van der Waals surface area (Å²) in [4.78, 5) is 22.2. The van der Waals surface area contributed by atoms with Crippen molar-refractivity contribution in [1.29, 1.82) is 0 Å². The first-order valence-corrected chi connectivity index (χ1v) is 10.4. The number of carbonyl (C=O) groups excluding carboxylic acids is 1. The van der Waals surface area contributed by atoms with Gasteiger partial charge in [0.2, 0.25) is 5.89 Å². The van der Waals surface area contributed by atoms with E-state index in [9.17, 15) is 4.79 Å². The average Bonchev–Trinajstić information content (AvgIpc) is 3.27. The highest BCUT2D eigenvalue weighted by atomic mass is 32.2. The number of carbonyl (C=O) groups is 1. The first-order valence-electron chi connectivity index (χ1n) is 8.56. The Kier molecular flexibility index (Phi) is 5.96. The van der Waals surface area contributed by atoms with E-state index in [4.69, 9.17) is 4.52 Å². The molecule has 8 heteroatoms. The van der Waals surface area contributed by atoms with E-state index in [0.29, 0.717) is 17.3 Å². The van der Waals surface area contributed by atoms with Gasteiger partial charge in [0.15, 0.2) is 5.82 Å². The van der Waals surface area contributed by atoms with Crippen LogP contribution >= 0.6 is 23.1 Å². The maximum Gasteiger partial charge on any atom is 0.251 e. The molecule has 3 aromatic rings. The van der Waals surface area contributed by atoms with Gasteiger partial charge in [0.25, 0.3) is 5.91 Å². The zero-order valence-corrected chi connectivity index (χ0v) is 17.4. The van der Waals surface area contributed by atoms with Crippen molar-refractivity contribution in [2.24, 2.45) is 0 Å². The van der Waals surface area contributed by atoms with Crippen LogP contribution in [-0.2, 0) is 17.7 Å². The van der Waals surface area contributed by atoms with Gasteiger partial charge in [-0.15, -0.1) is 23.1 Å². The molecule has 6 nitrogen and oxygen atoms in total. The summed E-state index contributed by atoms with van der Waals surface area (Å²) in [5.74, 6) is 1.69. The minimum Gasteiger partial charge on any atom is -0.345 e. The molecule has 142 valence electrons. The molecule has 3 rings (SSSR count). The summed E-state index contributed by atoms with van der Waals surface area (Å²) in [5.41, 5.74) is 1.47. The molecule has 0 radical (unpaired) electrons. The lowest BCUT2D eigenvalue weighted by Crippen LogP contribution is -2.23. The van der Waals surface area contributed by atoms with E-state index in [0.717, 1.165) is 21.3 Å². The van der Waals surface area contributed by atoms with Gasteiger partial charge in [-0.05, 0) is 31.2 Å². The number of aryl methyl sites for hydroxylation is 1. The Labute approximate surface area is 166 Å². The number of hydrogen-bond donors (Lipinski definition) is 1. The zero-order valence-electron chi connectivity index (χ0n) is 15.8. The molecule has 27 heavy (non-hydrogen) atoms. The molecule has 0 spiro atoms.